The summed E-state index contributed by atoms with van der Waals surface area (Å²) in [5.74, 6) is 0.578. The minimum absolute atomic E-state index is 0.517. The van der Waals surface area contributed by atoms with Crippen LogP contribution < -0.4 is 11.1 Å². The minimum Gasteiger partial charge on any atom is -0.370 e. The molecule has 0 saturated heterocycles. The van der Waals surface area contributed by atoms with E-state index in [9.17, 15) is 0 Å². The van der Waals surface area contributed by atoms with Crippen LogP contribution >= 0.6 is 11.6 Å². The maximum Gasteiger partial charge on any atom is 0.188 e. The van der Waals surface area contributed by atoms with Crippen molar-refractivity contribution in [2.24, 2.45) is 10.7 Å². The standard InChI is InChI=1S/C15H22ClN3/c16-13-6-4-5-12(11-13)9-10-18-15(17)19-14-7-2-1-3-8-14/h4-6,11,14H,1-3,7-10H2,(H3,17,18,19). The number of nitrogens with one attached hydrogen (secondary N) is 1. The van der Waals surface area contributed by atoms with E-state index in [0.717, 1.165) is 11.4 Å². The summed E-state index contributed by atoms with van der Waals surface area (Å²) < 4.78 is 0. The van der Waals surface area contributed by atoms with Gasteiger partial charge in [0, 0.05) is 17.6 Å². The predicted molar refractivity (Wildman–Crippen MR) is 81.7 cm³/mol. The summed E-state index contributed by atoms with van der Waals surface area (Å²) >= 11 is 5.94. The lowest BCUT2D eigenvalue weighted by atomic mass is 9.96. The number of guanidine groups is 1. The highest BCUT2D eigenvalue weighted by Crippen LogP contribution is 2.17. The molecule has 0 bridgehead atoms. The molecule has 0 aliphatic heterocycles. The number of halogens is 1. The zero-order valence-corrected chi connectivity index (χ0v) is 12.0. The molecule has 2 rings (SSSR count). The SMILES string of the molecule is NC(=NCCc1cccc(Cl)c1)NC1CCCCC1. The fourth-order valence-corrected chi connectivity index (χ4v) is 2.71. The van der Waals surface area contributed by atoms with Gasteiger partial charge < -0.3 is 11.1 Å². The average molecular weight is 280 g/mol. The Hall–Kier alpha value is -1.22. The second-order valence-corrected chi connectivity index (χ2v) is 5.56. The molecule has 4 heteroatoms. The van der Waals surface area contributed by atoms with E-state index < -0.39 is 0 Å². The fourth-order valence-electron chi connectivity index (χ4n) is 2.50. The number of nitrogens with two attached hydrogens (primary N) is 1. The first-order chi connectivity index (χ1) is 9.24. The van der Waals surface area contributed by atoms with E-state index in [1.807, 2.05) is 18.2 Å². The molecule has 104 valence electrons. The highest BCUT2D eigenvalue weighted by Gasteiger charge is 2.12. The summed E-state index contributed by atoms with van der Waals surface area (Å²) in [6, 6.07) is 8.40. The maximum atomic E-state index is 5.94. The van der Waals surface area contributed by atoms with Gasteiger partial charge in [0.25, 0.3) is 0 Å². The summed E-state index contributed by atoms with van der Waals surface area (Å²) in [5, 5.41) is 4.09. The van der Waals surface area contributed by atoms with E-state index in [0.29, 0.717) is 18.5 Å². The second-order valence-electron chi connectivity index (χ2n) is 5.13. The number of nitrogens with zero attached hydrogens (tertiary/aromatic N) is 1. The molecule has 1 aliphatic rings. The Bertz CT molecular complexity index is 425. The molecule has 0 heterocycles. The van der Waals surface area contributed by atoms with Crippen LogP contribution in [-0.4, -0.2) is 18.5 Å². The van der Waals surface area contributed by atoms with Crippen LogP contribution in [0.5, 0.6) is 0 Å². The van der Waals surface area contributed by atoms with E-state index in [1.54, 1.807) is 0 Å². The summed E-state index contributed by atoms with van der Waals surface area (Å²) in [4.78, 5) is 4.38. The molecule has 0 spiro atoms. The zero-order valence-electron chi connectivity index (χ0n) is 11.2. The first-order valence-electron chi connectivity index (χ1n) is 7.05. The summed E-state index contributed by atoms with van der Waals surface area (Å²) in [7, 11) is 0. The average Bonchev–Trinajstić information content (AvgIpc) is 2.40. The van der Waals surface area contributed by atoms with Crippen molar-refractivity contribution in [3.63, 3.8) is 0 Å². The first kappa shape index (κ1) is 14.2. The van der Waals surface area contributed by atoms with Gasteiger partial charge in [-0.05, 0) is 37.0 Å². The Morgan fingerprint density at radius 2 is 2.11 bits per heavy atom. The normalized spacial score (nSPS) is 17.4. The van der Waals surface area contributed by atoms with E-state index in [-0.39, 0.29) is 0 Å². The molecular formula is C15H22ClN3. The number of hydrogen-bond donors (Lipinski definition) is 2. The van der Waals surface area contributed by atoms with E-state index in [1.165, 1.54) is 37.7 Å². The second kappa shape index (κ2) is 7.39. The van der Waals surface area contributed by atoms with Crippen molar-refractivity contribution in [1.82, 2.24) is 5.32 Å². The molecule has 1 fully saturated rings. The lowest BCUT2D eigenvalue weighted by Crippen LogP contribution is -2.41. The van der Waals surface area contributed by atoms with Gasteiger partial charge in [-0.3, -0.25) is 4.99 Å². The van der Waals surface area contributed by atoms with Crippen LogP contribution in [-0.2, 0) is 6.42 Å². The molecule has 0 aromatic heterocycles. The maximum absolute atomic E-state index is 5.94. The van der Waals surface area contributed by atoms with Crippen molar-refractivity contribution in [2.75, 3.05) is 6.54 Å². The summed E-state index contributed by atoms with van der Waals surface area (Å²) in [6.45, 7) is 0.700. The zero-order chi connectivity index (χ0) is 13.5. The van der Waals surface area contributed by atoms with Crippen LogP contribution in [0.3, 0.4) is 0 Å². The number of rotatable bonds is 4. The molecule has 1 saturated carbocycles. The molecule has 3 nitrogen and oxygen atoms in total. The molecule has 1 aromatic rings. The highest BCUT2D eigenvalue weighted by atomic mass is 35.5. The fraction of sp³-hybridized carbons (Fsp3) is 0.533. The topological polar surface area (TPSA) is 50.4 Å². The van der Waals surface area contributed by atoms with Crippen molar-refractivity contribution in [3.8, 4) is 0 Å². The highest BCUT2D eigenvalue weighted by molar-refractivity contribution is 6.30. The molecule has 1 aliphatic carbocycles. The van der Waals surface area contributed by atoms with Gasteiger partial charge in [0.2, 0.25) is 0 Å². The number of aliphatic imine (C=N–C) groups is 1. The van der Waals surface area contributed by atoms with Crippen molar-refractivity contribution < 1.29 is 0 Å². The Balaban J connectivity index is 1.75. The van der Waals surface area contributed by atoms with Gasteiger partial charge in [-0.15, -0.1) is 0 Å². The van der Waals surface area contributed by atoms with Gasteiger partial charge in [0.15, 0.2) is 5.96 Å². The summed E-state index contributed by atoms with van der Waals surface area (Å²) in [5.41, 5.74) is 7.11. The Kier molecular flexibility index (Phi) is 5.52. The van der Waals surface area contributed by atoms with E-state index in [4.69, 9.17) is 17.3 Å². The third kappa shape index (κ3) is 5.11. The quantitative estimate of drug-likeness (QED) is 0.657. The molecular weight excluding hydrogens is 258 g/mol. The van der Waals surface area contributed by atoms with Crippen molar-refractivity contribution >= 4 is 17.6 Å². The third-order valence-corrected chi connectivity index (χ3v) is 3.76. The van der Waals surface area contributed by atoms with Crippen LogP contribution in [0.2, 0.25) is 5.02 Å². The smallest absolute Gasteiger partial charge is 0.188 e. The third-order valence-electron chi connectivity index (χ3n) is 3.53. The van der Waals surface area contributed by atoms with Gasteiger partial charge in [-0.2, -0.15) is 0 Å². The van der Waals surface area contributed by atoms with Crippen LogP contribution in [0.25, 0.3) is 0 Å². The Morgan fingerprint density at radius 3 is 2.84 bits per heavy atom. The molecule has 19 heavy (non-hydrogen) atoms. The van der Waals surface area contributed by atoms with E-state index >= 15 is 0 Å². The van der Waals surface area contributed by atoms with Crippen molar-refractivity contribution in [2.45, 2.75) is 44.6 Å². The molecule has 0 unspecified atom stereocenters. The lowest BCUT2D eigenvalue weighted by molar-refractivity contribution is 0.412. The monoisotopic (exact) mass is 279 g/mol. The number of hydrogen-bond acceptors (Lipinski definition) is 1. The first-order valence-corrected chi connectivity index (χ1v) is 7.43. The van der Waals surface area contributed by atoms with Crippen LogP contribution in [0, 0.1) is 0 Å². The minimum atomic E-state index is 0.517. The van der Waals surface area contributed by atoms with Crippen molar-refractivity contribution in [3.05, 3.63) is 34.9 Å². The van der Waals surface area contributed by atoms with Gasteiger partial charge in [-0.1, -0.05) is 43.0 Å². The van der Waals surface area contributed by atoms with Gasteiger partial charge in [0.1, 0.15) is 0 Å². The largest absolute Gasteiger partial charge is 0.370 e. The number of benzene rings is 1. The Labute approximate surface area is 120 Å². The lowest BCUT2D eigenvalue weighted by Gasteiger charge is -2.23. The Morgan fingerprint density at radius 1 is 1.32 bits per heavy atom. The molecule has 0 atom stereocenters. The van der Waals surface area contributed by atoms with Gasteiger partial charge >= 0.3 is 0 Å². The van der Waals surface area contributed by atoms with Crippen LogP contribution in [0.1, 0.15) is 37.7 Å². The van der Waals surface area contributed by atoms with Gasteiger partial charge in [-0.25, -0.2) is 0 Å². The molecule has 0 amide bonds. The van der Waals surface area contributed by atoms with Crippen LogP contribution in [0.4, 0.5) is 0 Å². The van der Waals surface area contributed by atoms with E-state index in [2.05, 4.69) is 16.4 Å². The molecule has 1 aromatic carbocycles. The molecule has 3 N–H and O–H groups in total. The van der Waals surface area contributed by atoms with Gasteiger partial charge in [0.05, 0.1) is 0 Å². The van der Waals surface area contributed by atoms with Crippen LogP contribution in [0.15, 0.2) is 29.3 Å². The summed E-state index contributed by atoms with van der Waals surface area (Å²) in [6.07, 6.45) is 7.24. The molecule has 0 radical (unpaired) electrons. The van der Waals surface area contributed by atoms with Crippen molar-refractivity contribution in [1.29, 1.82) is 0 Å². The predicted octanol–water partition coefficient (Wildman–Crippen LogP) is 3.12.